The van der Waals surface area contributed by atoms with E-state index in [9.17, 15) is 0 Å². The third-order valence-corrected chi connectivity index (χ3v) is 5.45. The van der Waals surface area contributed by atoms with Crippen LogP contribution >= 0.6 is 24.0 Å². The number of hydrogen-bond acceptors (Lipinski definition) is 4. The van der Waals surface area contributed by atoms with Crippen LogP contribution in [0.5, 0.6) is 0 Å². The van der Waals surface area contributed by atoms with E-state index >= 15 is 0 Å². The largest absolute Gasteiger partial charge is 0.379 e. The van der Waals surface area contributed by atoms with Gasteiger partial charge in [0, 0.05) is 57.9 Å². The van der Waals surface area contributed by atoms with E-state index in [2.05, 4.69) is 39.3 Å². The molecule has 0 radical (unpaired) electrons. The molecule has 7 heteroatoms. The lowest BCUT2D eigenvalue weighted by atomic mass is 10.1. The maximum atomic E-state index is 5.49. The van der Waals surface area contributed by atoms with Crippen LogP contribution in [0.2, 0.25) is 0 Å². The van der Waals surface area contributed by atoms with Gasteiger partial charge in [-0.3, -0.25) is 14.8 Å². The summed E-state index contributed by atoms with van der Waals surface area (Å²) < 4.78 is 5.49. The van der Waals surface area contributed by atoms with Crippen LogP contribution < -0.4 is 10.6 Å². The van der Waals surface area contributed by atoms with Crippen molar-refractivity contribution in [1.29, 1.82) is 0 Å². The number of ether oxygens (including phenoxy) is 1. The molecular weight excluding hydrogens is 417 g/mol. The average molecular weight is 451 g/mol. The monoisotopic (exact) mass is 451 g/mol. The molecule has 3 rings (SSSR count). The van der Waals surface area contributed by atoms with E-state index in [-0.39, 0.29) is 24.0 Å². The van der Waals surface area contributed by atoms with Gasteiger partial charge in [0.05, 0.1) is 13.2 Å². The summed E-state index contributed by atoms with van der Waals surface area (Å²) >= 11 is 0. The summed E-state index contributed by atoms with van der Waals surface area (Å²) in [6.07, 6.45) is 2.79. The fourth-order valence-corrected chi connectivity index (χ4v) is 3.71. The highest BCUT2D eigenvalue weighted by Crippen LogP contribution is 2.31. The molecular formula is C17H34IN5O. The van der Waals surface area contributed by atoms with Crippen LogP contribution in [0.1, 0.15) is 26.7 Å². The lowest BCUT2D eigenvalue weighted by Gasteiger charge is -2.33. The highest BCUT2D eigenvalue weighted by Gasteiger charge is 2.38. The molecule has 3 aliphatic rings. The molecule has 3 atom stereocenters. The molecule has 2 saturated heterocycles. The van der Waals surface area contributed by atoms with Crippen LogP contribution in [0, 0.1) is 5.92 Å². The number of likely N-dealkylation sites (tertiary alicyclic amines) is 1. The Bertz CT molecular complexity index is 418. The van der Waals surface area contributed by atoms with Crippen LogP contribution in [0.3, 0.4) is 0 Å². The molecule has 2 aliphatic heterocycles. The van der Waals surface area contributed by atoms with Crippen molar-refractivity contribution in [3.8, 4) is 0 Å². The van der Waals surface area contributed by atoms with Crippen molar-refractivity contribution in [2.75, 3.05) is 53.0 Å². The number of morpholine rings is 1. The number of halogens is 1. The van der Waals surface area contributed by atoms with E-state index in [1.54, 1.807) is 0 Å². The van der Waals surface area contributed by atoms with Gasteiger partial charge < -0.3 is 15.4 Å². The Morgan fingerprint density at radius 3 is 2.71 bits per heavy atom. The fourth-order valence-electron chi connectivity index (χ4n) is 3.71. The first-order valence-corrected chi connectivity index (χ1v) is 9.20. The van der Waals surface area contributed by atoms with E-state index in [1.807, 2.05) is 7.05 Å². The van der Waals surface area contributed by atoms with E-state index in [1.165, 1.54) is 19.4 Å². The molecule has 1 saturated carbocycles. The molecule has 0 aromatic rings. The Morgan fingerprint density at radius 1 is 1.25 bits per heavy atom. The van der Waals surface area contributed by atoms with Crippen molar-refractivity contribution >= 4 is 29.9 Å². The van der Waals surface area contributed by atoms with Gasteiger partial charge in [0.1, 0.15) is 0 Å². The minimum absolute atomic E-state index is 0. The molecule has 0 aromatic carbocycles. The molecule has 2 N–H and O–H groups in total. The van der Waals surface area contributed by atoms with Crippen LogP contribution in [0.15, 0.2) is 4.99 Å². The van der Waals surface area contributed by atoms with Crippen molar-refractivity contribution in [3.05, 3.63) is 0 Å². The summed E-state index contributed by atoms with van der Waals surface area (Å²) in [6, 6.07) is 1.90. The highest BCUT2D eigenvalue weighted by molar-refractivity contribution is 14.0. The Kier molecular flexibility index (Phi) is 8.03. The number of aliphatic imine (C=N–C) groups is 1. The van der Waals surface area contributed by atoms with Gasteiger partial charge >= 0.3 is 0 Å². The molecule has 3 unspecified atom stereocenters. The molecule has 24 heavy (non-hydrogen) atoms. The molecule has 0 aromatic heterocycles. The smallest absolute Gasteiger partial charge is 0.191 e. The highest BCUT2D eigenvalue weighted by atomic mass is 127. The zero-order chi connectivity index (χ0) is 16.2. The van der Waals surface area contributed by atoms with E-state index in [0.717, 1.165) is 51.4 Å². The standard InChI is InChI=1S/C17H33N5O.HI/c1-13-10-22(15-4-5-15)11-16(13)20-17(18-3)19-6-7-21-8-9-23-12-14(21)2;/h13-16H,4-12H2,1-3H3,(H2,18,19,20);1H. The van der Waals surface area contributed by atoms with Gasteiger partial charge in [0.15, 0.2) is 5.96 Å². The first-order chi connectivity index (χ1) is 11.2. The van der Waals surface area contributed by atoms with Gasteiger partial charge in [-0.15, -0.1) is 24.0 Å². The Balaban J connectivity index is 0.00000208. The van der Waals surface area contributed by atoms with Crippen molar-refractivity contribution < 1.29 is 4.74 Å². The third kappa shape index (κ3) is 5.44. The lowest BCUT2D eigenvalue weighted by Crippen LogP contribution is -2.50. The predicted octanol–water partition coefficient (Wildman–Crippen LogP) is 0.973. The van der Waals surface area contributed by atoms with Gasteiger partial charge in [0.2, 0.25) is 0 Å². The lowest BCUT2D eigenvalue weighted by molar-refractivity contribution is 0.000875. The average Bonchev–Trinajstić information content (AvgIpc) is 3.33. The minimum Gasteiger partial charge on any atom is -0.379 e. The molecule has 6 nitrogen and oxygen atoms in total. The van der Waals surface area contributed by atoms with E-state index in [0.29, 0.717) is 18.0 Å². The van der Waals surface area contributed by atoms with E-state index in [4.69, 9.17) is 4.74 Å². The second-order valence-corrected chi connectivity index (χ2v) is 7.37. The second-order valence-electron chi connectivity index (χ2n) is 7.37. The Labute approximate surface area is 163 Å². The maximum Gasteiger partial charge on any atom is 0.191 e. The zero-order valence-corrected chi connectivity index (χ0v) is 17.7. The van der Waals surface area contributed by atoms with Crippen LogP contribution in [-0.2, 0) is 4.74 Å². The van der Waals surface area contributed by atoms with Crippen molar-refractivity contribution in [3.63, 3.8) is 0 Å². The van der Waals surface area contributed by atoms with Crippen molar-refractivity contribution in [2.24, 2.45) is 10.9 Å². The normalized spacial score (nSPS) is 32.5. The number of guanidine groups is 1. The SMILES string of the molecule is CN=C(NCCN1CCOCC1C)NC1CN(C2CC2)CC1C.I. The Hall–Kier alpha value is -0.120. The van der Waals surface area contributed by atoms with Gasteiger partial charge in [-0.1, -0.05) is 6.92 Å². The molecule has 0 amide bonds. The molecule has 140 valence electrons. The topological polar surface area (TPSA) is 52.1 Å². The molecule has 3 fully saturated rings. The summed E-state index contributed by atoms with van der Waals surface area (Å²) in [5, 5.41) is 7.11. The summed E-state index contributed by atoms with van der Waals surface area (Å²) in [6.45, 7) is 11.7. The number of nitrogens with zero attached hydrogens (tertiary/aromatic N) is 3. The molecule has 1 aliphatic carbocycles. The van der Waals surface area contributed by atoms with E-state index < -0.39 is 0 Å². The van der Waals surface area contributed by atoms with Crippen LogP contribution in [0.4, 0.5) is 0 Å². The minimum atomic E-state index is 0. The summed E-state index contributed by atoms with van der Waals surface area (Å²) in [5.74, 6) is 1.63. The third-order valence-electron chi connectivity index (χ3n) is 5.45. The van der Waals surface area contributed by atoms with Gasteiger partial charge in [0.25, 0.3) is 0 Å². The first-order valence-electron chi connectivity index (χ1n) is 9.20. The second kappa shape index (κ2) is 9.54. The van der Waals surface area contributed by atoms with Gasteiger partial charge in [-0.25, -0.2) is 0 Å². The zero-order valence-electron chi connectivity index (χ0n) is 15.3. The van der Waals surface area contributed by atoms with Crippen LogP contribution in [-0.4, -0.2) is 86.9 Å². The number of rotatable bonds is 5. The molecule has 0 bridgehead atoms. The fraction of sp³-hybridized carbons (Fsp3) is 0.941. The molecule has 0 spiro atoms. The summed E-state index contributed by atoms with van der Waals surface area (Å²) in [5.41, 5.74) is 0. The quantitative estimate of drug-likeness (QED) is 0.371. The Morgan fingerprint density at radius 2 is 2.04 bits per heavy atom. The summed E-state index contributed by atoms with van der Waals surface area (Å²) in [7, 11) is 1.87. The maximum absolute atomic E-state index is 5.49. The van der Waals surface area contributed by atoms with Gasteiger partial charge in [-0.2, -0.15) is 0 Å². The van der Waals surface area contributed by atoms with Crippen molar-refractivity contribution in [1.82, 2.24) is 20.4 Å². The summed E-state index contributed by atoms with van der Waals surface area (Å²) in [4.78, 5) is 9.53. The number of nitrogens with one attached hydrogen (secondary N) is 2. The first kappa shape index (κ1) is 20.2. The van der Waals surface area contributed by atoms with Gasteiger partial charge in [-0.05, 0) is 25.7 Å². The number of hydrogen-bond donors (Lipinski definition) is 2. The predicted molar refractivity (Wildman–Crippen MR) is 109 cm³/mol. The molecule has 2 heterocycles. The van der Waals surface area contributed by atoms with Crippen molar-refractivity contribution in [2.45, 2.75) is 44.8 Å². The van der Waals surface area contributed by atoms with Crippen LogP contribution in [0.25, 0.3) is 0 Å².